The third-order valence-corrected chi connectivity index (χ3v) is 2.84. The van der Waals surface area contributed by atoms with Crippen LogP contribution in [0.15, 0.2) is 24.3 Å². The highest BCUT2D eigenvalue weighted by Gasteiger charge is 2.63. The van der Waals surface area contributed by atoms with Gasteiger partial charge in [-0.05, 0) is 20.3 Å². The maximum Gasteiger partial charge on any atom is 0.316 e. The lowest BCUT2D eigenvalue weighted by molar-refractivity contribution is -0.152. The average molecular weight is 238 g/mol. The summed E-state index contributed by atoms with van der Waals surface area (Å²) in [6, 6.07) is 0. The summed E-state index contributed by atoms with van der Waals surface area (Å²) in [6.07, 6.45) is 7.62. The fourth-order valence-corrected chi connectivity index (χ4v) is 1.80. The molecule has 0 amide bonds. The largest absolute Gasteiger partial charge is 0.469 e. The van der Waals surface area contributed by atoms with Crippen LogP contribution in [-0.2, 0) is 19.1 Å². The van der Waals surface area contributed by atoms with Crippen LogP contribution in [0, 0.1) is 11.3 Å². The van der Waals surface area contributed by atoms with E-state index in [0.29, 0.717) is 13.0 Å². The molecule has 0 aromatic rings. The van der Waals surface area contributed by atoms with Gasteiger partial charge < -0.3 is 9.47 Å². The molecule has 0 aromatic carbocycles. The Morgan fingerprint density at radius 3 is 2.65 bits per heavy atom. The van der Waals surface area contributed by atoms with Crippen molar-refractivity contribution in [3.63, 3.8) is 0 Å². The molecule has 94 valence electrons. The lowest BCUT2D eigenvalue weighted by Gasteiger charge is -2.10. The van der Waals surface area contributed by atoms with Crippen molar-refractivity contribution >= 4 is 11.9 Å². The van der Waals surface area contributed by atoms with Crippen LogP contribution in [0.3, 0.4) is 0 Å². The van der Waals surface area contributed by atoms with E-state index in [2.05, 4.69) is 4.74 Å². The molecule has 0 spiro atoms. The average Bonchev–Trinajstić information content (AvgIpc) is 3.05. The maximum absolute atomic E-state index is 11.8. The highest BCUT2D eigenvalue weighted by molar-refractivity contribution is 5.93. The number of ether oxygens (including phenoxy) is 2. The molecule has 0 radical (unpaired) electrons. The molecule has 0 bridgehead atoms. The lowest BCUT2D eigenvalue weighted by atomic mass is 10.0. The minimum Gasteiger partial charge on any atom is -0.469 e. The molecule has 4 heteroatoms. The summed E-state index contributed by atoms with van der Waals surface area (Å²) in [7, 11) is 1.33. The molecule has 2 atom stereocenters. The molecule has 0 aromatic heterocycles. The van der Waals surface area contributed by atoms with E-state index in [1.807, 2.05) is 19.1 Å². The van der Waals surface area contributed by atoms with Crippen molar-refractivity contribution in [2.75, 3.05) is 13.7 Å². The molecular formula is C13H18O4. The minimum absolute atomic E-state index is 0.311. The Morgan fingerprint density at radius 2 is 2.12 bits per heavy atom. The smallest absolute Gasteiger partial charge is 0.316 e. The Kier molecular flexibility index (Phi) is 4.49. The van der Waals surface area contributed by atoms with Gasteiger partial charge in [-0.15, -0.1) is 0 Å². The normalized spacial score (nSPS) is 27.4. The van der Waals surface area contributed by atoms with Crippen molar-refractivity contribution in [1.82, 2.24) is 0 Å². The van der Waals surface area contributed by atoms with Crippen LogP contribution < -0.4 is 0 Å². The zero-order valence-electron chi connectivity index (χ0n) is 10.4. The van der Waals surface area contributed by atoms with E-state index in [4.69, 9.17) is 4.74 Å². The first kappa shape index (κ1) is 13.5. The first-order chi connectivity index (χ1) is 8.12. The number of carbonyl (C=O) groups is 2. The first-order valence-electron chi connectivity index (χ1n) is 5.68. The van der Waals surface area contributed by atoms with Gasteiger partial charge in [-0.3, -0.25) is 9.59 Å². The molecule has 4 nitrogen and oxygen atoms in total. The Bertz CT molecular complexity index is 356. The number of esters is 2. The van der Waals surface area contributed by atoms with Gasteiger partial charge in [0, 0.05) is 0 Å². The molecule has 0 unspecified atom stereocenters. The molecule has 1 fully saturated rings. The SMILES string of the molecule is C/C=C/C=C/[C@]1(C(=O)OCC)C[C@@H]1C(=O)OC. The monoisotopic (exact) mass is 238 g/mol. The van der Waals surface area contributed by atoms with Crippen molar-refractivity contribution in [3.8, 4) is 0 Å². The highest BCUT2D eigenvalue weighted by Crippen LogP contribution is 2.55. The lowest BCUT2D eigenvalue weighted by Crippen LogP contribution is -2.22. The van der Waals surface area contributed by atoms with Crippen LogP contribution in [0.25, 0.3) is 0 Å². The predicted molar refractivity (Wildman–Crippen MR) is 63.1 cm³/mol. The molecule has 0 heterocycles. The van der Waals surface area contributed by atoms with Crippen molar-refractivity contribution in [3.05, 3.63) is 24.3 Å². The van der Waals surface area contributed by atoms with Crippen LogP contribution in [0.2, 0.25) is 0 Å². The van der Waals surface area contributed by atoms with Gasteiger partial charge in [0.15, 0.2) is 0 Å². The number of carbonyl (C=O) groups excluding carboxylic acids is 2. The highest BCUT2D eigenvalue weighted by atomic mass is 16.5. The number of allylic oxidation sites excluding steroid dienone is 3. The van der Waals surface area contributed by atoms with Gasteiger partial charge in [-0.2, -0.15) is 0 Å². The second-order valence-corrected chi connectivity index (χ2v) is 3.93. The van der Waals surface area contributed by atoms with Crippen LogP contribution in [0.4, 0.5) is 0 Å². The Morgan fingerprint density at radius 1 is 1.41 bits per heavy atom. The summed E-state index contributed by atoms with van der Waals surface area (Å²) < 4.78 is 9.67. The van der Waals surface area contributed by atoms with Gasteiger partial charge >= 0.3 is 11.9 Å². The molecule has 0 saturated heterocycles. The van der Waals surface area contributed by atoms with Crippen molar-refractivity contribution in [2.24, 2.45) is 11.3 Å². The Balaban J connectivity index is 2.82. The summed E-state index contributed by atoms with van der Waals surface area (Å²) in [5, 5.41) is 0. The molecule has 0 aliphatic heterocycles. The third kappa shape index (κ3) is 2.75. The molecule has 1 aliphatic rings. The van der Waals surface area contributed by atoms with Gasteiger partial charge in [0.05, 0.1) is 19.6 Å². The predicted octanol–water partition coefficient (Wildman–Crippen LogP) is 1.86. The van der Waals surface area contributed by atoms with E-state index < -0.39 is 11.3 Å². The van der Waals surface area contributed by atoms with E-state index in [1.54, 1.807) is 19.1 Å². The Labute approximate surface area is 101 Å². The topological polar surface area (TPSA) is 52.6 Å². The Hall–Kier alpha value is -1.58. The third-order valence-electron chi connectivity index (χ3n) is 2.84. The molecule has 1 rings (SSSR count). The molecule has 17 heavy (non-hydrogen) atoms. The second-order valence-electron chi connectivity index (χ2n) is 3.93. The maximum atomic E-state index is 11.8. The van der Waals surface area contributed by atoms with Crippen LogP contribution >= 0.6 is 0 Å². The molecule has 0 N–H and O–H groups in total. The van der Waals surface area contributed by atoms with E-state index in [9.17, 15) is 9.59 Å². The van der Waals surface area contributed by atoms with Crippen molar-refractivity contribution in [1.29, 1.82) is 0 Å². The number of hydrogen-bond donors (Lipinski definition) is 0. The minimum atomic E-state index is -0.817. The van der Waals surface area contributed by atoms with Gasteiger partial charge in [0.2, 0.25) is 0 Å². The number of rotatable bonds is 5. The van der Waals surface area contributed by atoms with Gasteiger partial charge in [-0.25, -0.2) is 0 Å². The summed E-state index contributed by atoms with van der Waals surface area (Å²) in [4.78, 5) is 23.3. The van der Waals surface area contributed by atoms with Crippen molar-refractivity contribution < 1.29 is 19.1 Å². The van der Waals surface area contributed by atoms with Gasteiger partial charge in [0.25, 0.3) is 0 Å². The van der Waals surface area contributed by atoms with Crippen LogP contribution in [-0.4, -0.2) is 25.7 Å². The van der Waals surface area contributed by atoms with E-state index >= 15 is 0 Å². The van der Waals surface area contributed by atoms with E-state index in [-0.39, 0.29) is 11.9 Å². The molecule has 1 aliphatic carbocycles. The van der Waals surface area contributed by atoms with Crippen LogP contribution in [0.5, 0.6) is 0 Å². The van der Waals surface area contributed by atoms with Gasteiger partial charge in [-0.1, -0.05) is 24.3 Å². The fourth-order valence-electron chi connectivity index (χ4n) is 1.80. The summed E-state index contributed by atoms with van der Waals surface area (Å²) in [5.74, 6) is -1.12. The standard InChI is InChI=1S/C13H18O4/c1-4-6-7-8-13(12(15)17-5-2)9-10(13)11(14)16-3/h4,6-8,10H,5,9H2,1-3H3/b6-4+,8-7+/t10-,13+/m1/s1. The van der Waals surface area contributed by atoms with Crippen molar-refractivity contribution in [2.45, 2.75) is 20.3 Å². The zero-order chi connectivity index (χ0) is 12.9. The molecular weight excluding hydrogens is 220 g/mol. The first-order valence-corrected chi connectivity index (χ1v) is 5.68. The van der Waals surface area contributed by atoms with Crippen LogP contribution in [0.1, 0.15) is 20.3 Å². The zero-order valence-corrected chi connectivity index (χ0v) is 10.4. The quantitative estimate of drug-likeness (QED) is 0.542. The number of hydrogen-bond acceptors (Lipinski definition) is 4. The summed E-state index contributed by atoms with van der Waals surface area (Å²) in [5.41, 5.74) is -0.817. The fraction of sp³-hybridized carbons (Fsp3) is 0.538. The number of methoxy groups -OCH3 is 1. The molecule has 1 saturated carbocycles. The summed E-state index contributed by atoms with van der Waals surface area (Å²) >= 11 is 0. The van der Waals surface area contributed by atoms with E-state index in [0.717, 1.165) is 0 Å². The van der Waals surface area contributed by atoms with Gasteiger partial charge in [0.1, 0.15) is 5.41 Å². The van der Waals surface area contributed by atoms with E-state index in [1.165, 1.54) is 7.11 Å². The second kappa shape index (κ2) is 5.66. The summed E-state index contributed by atoms with van der Waals surface area (Å²) in [6.45, 7) is 3.94.